The smallest absolute Gasteiger partial charge is 0.419 e. The number of carbonyl (C=O) groups excluding carboxylic acids is 2. The van der Waals surface area contributed by atoms with Crippen molar-refractivity contribution >= 4 is 12.0 Å². The lowest BCUT2D eigenvalue weighted by molar-refractivity contribution is 0.0530. The number of hydrogen-bond acceptors (Lipinski definition) is 5. The van der Waals surface area contributed by atoms with Crippen LogP contribution in [0.15, 0.2) is 24.5 Å². The monoisotopic (exact) mass is 329 g/mol. The molecule has 2 aromatic rings. The molecule has 7 heteroatoms. The second-order valence-electron chi connectivity index (χ2n) is 6.65. The average Bonchev–Trinajstić information content (AvgIpc) is 2.87. The summed E-state index contributed by atoms with van der Waals surface area (Å²) in [7, 11) is 0. The lowest BCUT2D eigenvalue weighted by atomic mass is 10.0. The van der Waals surface area contributed by atoms with Crippen molar-refractivity contribution in [1.29, 1.82) is 0 Å². The van der Waals surface area contributed by atoms with E-state index < -0.39 is 17.6 Å². The van der Waals surface area contributed by atoms with Gasteiger partial charge in [0.15, 0.2) is 0 Å². The Hall–Kier alpha value is -2.83. The van der Waals surface area contributed by atoms with Crippen molar-refractivity contribution in [1.82, 2.24) is 9.55 Å². The summed E-state index contributed by atoms with van der Waals surface area (Å²) in [6.45, 7) is 7.11. The Labute approximate surface area is 139 Å². The van der Waals surface area contributed by atoms with Crippen LogP contribution in [-0.4, -0.2) is 27.2 Å². The zero-order valence-electron chi connectivity index (χ0n) is 14.0. The molecule has 3 rings (SSSR count). The molecule has 0 aliphatic carbocycles. The highest BCUT2D eigenvalue weighted by atomic mass is 16.6. The van der Waals surface area contributed by atoms with E-state index in [0.29, 0.717) is 22.6 Å². The molecular weight excluding hydrogens is 310 g/mol. The second-order valence-corrected chi connectivity index (χ2v) is 6.65. The van der Waals surface area contributed by atoms with E-state index in [0.717, 1.165) is 0 Å². The number of amides is 1. The molecule has 1 amide bonds. The highest BCUT2D eigenvalue weighted by molar-refractivity contribution is 5.98. The zero-order chi connectivity index (χ0) is 17.6. The van der Waals surface area contributed by atoms with E-state index in [-0.39, 0.29) is 11.8 Å². The van der Waals surface area contributed by atoms with Crippen molar-refractivity contribution in [3.05, 3.63) is 35.8 Å². The summed E-state index contributed by atoms with van der Waals surface area (Å²) >= 11 is 0. The maximum atomic E-state index is 12.7. The first-order valence-electron chi connectivity index (χ1n) is 7.59. The molecule has 1 atom stereocenters. The fourth-order valence-electron chi connectivity index (χ4n) is 2.72. The Morgan fingerprint density at radius 2 is 2.08 bits per heavy atom. The Balaban J connectivity index is 2.26. The van der Waals surface area contributed by atoms with Gasteiger partial charge in [-0.15, -0.1) is 0 Å². The van der Waals surface area contributed by atoms with Crippen molar-refractivity contribution in [3.63, 3.8) is 0 Å². The van der Waals surface area contributed by atoms with Gasteiger partial charge in [0.2, 0.25) is 0 Å². The number of nitrogens with two attached hydrogens (primary N) is 1. The van der Waals surface area contributed by atoms with Crippen LogP contribution in [0, 0.1) is 0 Å². The van der Waals surface area contributed by atoms with E-state index in [4.69, 9.17) is 15.2 Å². The molecule has 2 N–H and O–H groups in total. The fraction of sp³-hybridized carbons (Fsp3) is 0.353. The predicted octanol–water partition coefficient (Wildman–Crippen LogP) is 2.89. The summed E-state index contributed by atoms with van der Waals surface area (Å²) in [6.07, 6.45) is 2.16. The number of primary amides is 1. The molecule has 1 unspecified atom stereocenters. The van der Waals surface area contributed by atoms with Crippen LogP contribution in [0.3, 0.4) is 0 Å². The number of fused-ring (bicyclic) bond motifs is 3. The number of nitrogens with zero attached hydrogens (tertiary/aromatic N) is 2. The number of hydrogen-bond donors (Lipinski definition) is 1. The van der Waals surface area contributed by atoms with Crippen LogP contribution in [0.1, 0.15) is 49.9 Å². The van der Waals surface area contributed by atoms with Gasteiger partial charge in [-0.1, -0.05) is 0 Å². The van der Waals surface area contributed by atoms with Gasteiger partial charge in [0.05, 0.1) is 11.9 Å². The number of aromatic nitrogens is 2. The molecule has 126 valence electrons. The van der Waals surface area contributed by atoms with E-state index >= 15 is 0 Å². The summed E-state index contributed by atoms with van der Waals surface area (Å²) in [5.41, 5.74) is 6.75. The minimum absolute atomic E-state index is 0.0642. The van der Waals surface area contributed by atoms with Crippen molar-refractivity contribution in [3.8, 4) is 17.0 Å². The van der Waals surface area contributed by atoms with Gasteiger partial charge in [-0.25, -0.2) is 9.36 Å². The van der Waals surface area contributed by atoms with Crippen molar-refractivity contribution in [2.45, 2.75) is 39.4 Å². The number of carbonyl (C=O) groups is 2. The van der Waals surface area contributed by atoms with Crippen LogP contribution in [0.4, 0.5) is 4.79 Å². The van der Waals surface area contributed by atoms with Gasteiger partial charge in [0.1, 0.15) is 23.1 Å². The van der Waals surface area contributed by atoms with Gasteiger partial charge in [0.25, 0.3) is 5.91 Å². The first-order chi connectivity index (χ1) is 11.2. The summed E-state index contributed by atoms with van der Waals surface area (Å²) in [5, 5.41) is 0. The largest absolute Gasteiger partial charge is 0.484 e. The van der Waals surface area contributed by atoms with E-state index in [1.54, 1.807) is 45.3 Å². The molecule has 0 aromatic carbocycles. The summed E-state index contributed by atoms with van der Waals surface area (Å²) in [5.74, 6) is -0.172. The van der Waals surface area contributed by atoms with Gasteiger partial charge in [-0.3, -0.25) is 9.78 Å². The minimum atomic E-state index is -0.710. The molecule has 3 heterocycles. The molecule has 24 heavy (non-hydrogen) atoms. The summed E-state index contributed by atoms with van der Waals surface area (Å²) in [6, 6.07) is 3.31. The first kappa shape index (κ1) is 16.0. The average molecular weight is 329 g/mol. The Kier molecular flexibility index (Phi) is 3.59. The van der Waals surface area contributed by atoms with Crippen LogP contribution in [0.2, 0.25) is 0 Å². The SMILES string of the molecule is CC1Oc2cnccc2-c2c1cc(C(N)=O)n2C(=O)OC(C)(C)C. The van der Waals surface area contributed by atoms with E-state index in [9.17, 15) is 9.59 Å². The third-order valence-corrected chi connectivity index (χ3v) is 3.64. The Bertz CT molecular complexity index is 833. The zero-order valence-corrected chi connectivity index (χ0v) is 14.0. The van der Waals surface area contributed by atoms with Gasteiger partial charge in [0, 0.05) is 17.3 Å². The number of rotatable bonds is 1. The van der Waals surface area contributed by atoms with Crippen molar-refractivity contribution in [2.24, 2.45) is 5.73 Å². The van der Waals surface area contributed by atoms with Crippen LogP contribution in [0.5, 0.6) is 5.75 Å². The maximum Gasteiger partial charge on any atom is 0.419 e. The highest BCUT2D eigenvalue weighted by Gasteiger charge is 2.34. The third-order valence-electron chi connectivity index (χ3n) is 3.64. The minimum Gasteiger partial charge on any atom is -0.484 e. The molecule has 0 saturated carbocycles. The molecule has 1 aliphatic rings. The van der Waals surface area contributed by atoms with Crippen molar-refractivity contribution in [2.75, 3.05) is 0 Å². The molecule has 2 aromatic heterocycles. The van der Waals surface area contributed by atoms with Crippen molar-refractivity contribution < 1.29 is 19.1 Å². The van der Waals surface area contributed by atoms with Crippen LogP contribution in [-0.2, 0) is 4.74 Å². The lowest BCUT2D eigenvalue weighted by Crippen LogP contribution is -2.30. The van der Waals surface area contributed by atoms with Crippen LogP contribution in [0.25, 0.3) is 11.3 Å². The Morgan fingerprint density at radius 3 is 2.71 bits per heavy atom. The quantitative estimate of drug-likeness (QED) is 0.867. The first-order valence-corrected chi connectivity index (χ1v) is 7.59. The maximum absolute atomic E-state index is 12.7. The van der Waals surface area contributed by atoms with E-state index in [2.05, 4.69) is 4.98 Å². The van der Waals surface area contributed by atoms with Crippen LogP contribution >= 0.6 is 0 Å². The fourth-order valence-corrected chi connectivity index (χ4v) is 2.72. The predicted molar refractivity (Wildman–Crippen MR) is 86.9 cm³/mol. The second kappa shape index (κ2) is 5.36. The Morgan fingerprint density at radius 1 is 1.38 bits per heavy atom. The molecule has 1 aliphatic heterocycles. The standard InChI is InChI=1S/C17H19N3O4/c1-9-11-7-12(15(18)21)20(16(22)24-17(2,3)4)14(11)10-5-6-19-8-13(10)23-9/h5-9H,1-4H3,(H2,18,21). The molecule has 0 bridgehead atoms. The summed E-state index contributed by atoms with van der Waals surface area (Å²) < 4.78 is 12.5. The molecule has 0 fully saturated rings. The van der Waals surface area contributed by atoms with Gasteiger partial charge in [-0.2, -0.15) is 0 Å². The lowest BCUT2D eigenvalue weighted by Gasteiger charge is -2.26. The number of pyridine rings is 1. The van der Waals surface area contributed by atoms with Gasteiger partial charge >= 0.3 is 6.09 Å². The van der Waals surface area contributed by atoms with E-state index in [1.807, 2.05) is 6.92 Å². The molecule has 0 spiro atoms. The van der Waals surface area contributed by atoms with Gasteiger partial charge < -0.3 is 15.2 Å². The molecule has 0 radical (unpaired) electrons. The number of ether oxygens (including phenoxy) is 2. The highest BCUT2D eigenvalue weighted by Crippen LogP contribution is 2.43. The summed E-state index contributed by atoms with van der Waals surface area (Å²) in [4.78, 5) is 28.6. The molecule has 0 saturated heterocycles. The van der Waals surface area contributed by atoms with Crippen LogP contribution < -0.4 is 10.5 Å². The van der Waals surface area contributed by atoms with E-state index in [1.165, 1.54) is 4.57 Å². The van der Waals surface area contributed by atoms with Gasteiger partial charge in [-0.05, 0) is 39.8 Å². The third kappa shape index (κ3) is 2.62. The molecule has 7 nitrogen and oxygen atoms in total. The topological polar surface area (TPSA) is 96.4 Å². The molecular formula is C17H19N3O4. The normalized spacial score (nSPS) is 15.9.